The van der Waals surface area contributed by atoms with Crippen molar-refractivity contribution in [3.05, 3.63) is 54.2 Å². The second-order valence-electron chi connectivity index (χ2n) is 5.39. The minimum absolute atomic E-state index is 0.110. The standard InChI is InChI=1S/C17H18N4O/c1-11-5-3-4-6-15(11)20-17(22)12(2)21-16-9-14(18)8-7-13(16)10-19-21/h3-10,12H,18H2,1-2H3,(H,20,22). The van der Waals surface area contributed by atoms with E-state index >= 15 is 0 Å². The van der Waals surface area contributed by atoms with E-state index in [9.17, 15) is 4.79 Å². The zero-order valence-electron chi connectivity index (χ0n) is 12.6. The summed E-state index contributed by atoms with van der Waals surface area (Å²) in [5.74, 6) is -0.110. The summed E-state index contributed by atoms with van der Waals surface area (Å²) in [6.07, 6.45) is 1.74. The van der Waals surface area contributed by atoms with E-state index in [0.29, 0.717) is 5.69 Å². The summed E-state index contributed by atoms with van der Waals surface area (Å²) < 4.78 is 1.69. The van der Waals surface area contributed by atoms with E-state index < -0.39 is 6.04 Å². The molecule has 0 bridgehead atoms. The lowest BCUT2D eigenvalue weighted by atomic mass is 10.2. The highest BCUT2D eigenvalue weighted by Gasteiger charge is 2.18. The molecule has 2 aromatic carbocycles. The Hall–Kier alpha value is -2.82. The van der Waals surface area contributed by atoms with Crippen molar-refractivity contribution in [2.45, 2.75) is 19.9 Å². The Morgan fingerprint density at radius 2 is 2.05 bits per heavy atom. The molecule has 0 saturated heterocycles. The quantitative estimate of drug-likeness (QED) is 0.729. The molecular formula is C17H18N4O. The van der Waals surface area contributed by atoms with Crippen molar-refractivity contribution in [1.82, 2.24) is 9.78 Å². The molecule has 1 amide bonds. The summed E-state index contributed by atoms with van der Waals surface area (Å²) in [5.41, 5.74) is 9.18. The number of hydrogen-bond acceptors (Lipinski definition) is 3. The van der Waals surface area contributed by atoms with Gasteiger partial charge in [-0.1, -0.05) is 18.2 Å². The molecule has 0 radical (unpaired) electrons. The van der Waals surface area contributed by atoms with Crippen LogP contribution >= 0.6 is 0 Å². The fourth-order valence-corrected chi connectivity index (χ4v) is 2.42. The molecule has 1 heterocycles. The van der Waals surface area contributed by atoms with E-state index in [0.717, 1.165) is 22.2 Å². The van der Waals surface area contributed by atoms with Crippen molar-refractivity contribution in [3.63, 3.8) is 0 Å². The normalized spacial score (nSPS) is 12.3. The second-order valence-corrected chi connectivity index (χ2v) is 5.39. The molecule has 5 nitrogen and oxygen atoms in total. The van der Waals surface area contributed by atoms with Crippen LogP contribution in [0.4, 0.5) is 11.4 Å². The number of carbonyl (C=O) groups is 1. The molecule has 0 fully saturated rings. The fourth-order valence-electron chi connectivity index (χ4n) is 2.42. The first-order valence-corrected chi connectivity index (χ1v) is 7.15. The lowest BCUT2D eigenvalue weighted by Crippen LogP contribution is -2.24. The van der Waals surface area contributed by atoms with E-state index in [4.69, 9.17) is 5.73 Å². The number of anilines is 2. The number of hydrogen-bond donors (Lipinski definition) is 2. The van der Waals surface area contributed by atoms with Crippen LogP contribution in [-0.2, 0) is 4.79 Å². The Balaban J connectivity index is 1.89. The number of carbonyl (C=O) groups excluding carboxylic acids is 1. The van der Waals surface area contributed by atoms with Gasteiger partial charge >= 0.3 is 0 Å². The molecule has 0 spiro atoms. The molecule has 3 rings (SSSR count). The molecule has 0 aliphatic carbocycles. The van der Waals surface area contributed by atoms with Gasteiger partial charge in [0.1, 0.15) is 6.04 Å². The van der Waals surface area contributed by atoms with Gasteiger partial charge in [0.2, 0.25) is 5.91 Å². The summed E-state index contributed by atoms with van der Waals surface area (Å²) in [6, 6.07) is 12.8. The first-order valence-electron chi connectivity index (χ1n) is 7.15. The SMILES string of the molecule is Cc1ccccc1NC(=O)C(C)n1ncc2ccc(N)cc21. The third-order valence-corrected chi connectivity index (χ3v) is 3.77. The Labute approximate surface area is 128 Å². The van der Waals surface area contributed by atoms with Crippen LogP contribution < -0.4 is 11.1 Å². The molecule has 5 heteroatoms. The fraction of sp³-hybridized carbons (Fsp3) is 0.176. The average Bonchev–Trinajstić information content (AvgIpc) is 2.91. The maximum absolute atomic E-state index is 12.5. The molecule has 22 heavy (non-hydrogen) atoms. The topological polar surface area (TPSA) is 72.9 Å². The molecule has 3 N–H and O–H groups in total. The van der Waals surface area contributed by atoms with Gasteiger partial charge in [-0.25, -0.2) is 0 Å². The number of nitrogens with two attached hydrogens (primary N) is 1. The van der Waals surface area contributed by atoms with Crippen molar-refractivity contribution in [1.29, 1.82) is 0 Å². The molecule has 0 aliphatic rings. The number of benzene rings is 2. The van der Waals surface area contributed by atoms with Crippen LogP contribution in [-0.4, -0.2) is 15.7 Å². The van der Waals surface area contributed by atoms with Crippen molar-refractivity contribution >= 4 is 28.2 Å². The van der Waals surface area contributed by atoms with Crippen LogP contribution in [0.1, 0.15) is 18.5 Å². The van der Waals surface area contributed by atoms with E-state index in [1.54, 1.807) is 10.9 Å². The highest BCUT2D eigenvalue weighted by molar-refractivity contribution is 5.95. The molecule has 1 atom stereocenters. The number of nitrogens with zero attached hydrogens (tertiary/aromatic N) is 2. The van der Waals surface area contributed by atoms with Crippen LogP contribution in [0.5, 0.6) is 0 Å². The van der Waals surface area contributed by atoms with Crippen LogP contribution in [0.2, 0.25) is 0 Å². The first kappa shape index (κ1) is 14.1. The maximum atomic E-state index is 12.5. The largest absolute Gasteiger partial charge is 0.399 e. The predicted molar refractivity (Wildman–Crippen MR) is 88.7 cm³/mol. The third kappa shape index (κ3) is 2.53. The summed E-state index contributed by atoms with van der Waals surface area (Å²) in [7, 11) is 0. The highest BCUT2D eigenvalue weighted by Crippen LogP contribution is 2.22. The van der Waals surface area contributed by atoms with Gasteiger partial charge in [0.05, 0.1) is 11.7 Å². The zero-order valence-corrected chi connectivity index (χ0v) is 12.6. The van der Waals surface area contributed by atoms with Crippen LogP contribution in [0.15, 0.2) is 48.7 Å². The van der Waals surface area contributed by atoms with Gasteiger partial charge in [-0.3, -0.25) is 9.48 Å². The van der Waals surface area contributed by atoms with Gasteiger partial charge in [0.25, 0.3) is 0 Å². The predicted octanol–water partition coefficient (Wildman–Crippen LogP) is 3.13. The van der Waals surface area contributed by atoms with Gasteiger partial charge < -0.3 is 11.1 Å². The first-order chi connectivity index (χ1) is 10.6. The number of fused-ring (bicyclic) bond motifs is 1. The molecule has 1 unspecified atom stereocenters. The molecule has 0 saturated carbocycles. The lowest BCUT2D eigenvalue weighted by Gasteiger charge is -2.15. The average molecular weight is 294 g/mol. The van der Waals surface area contributed by atoms with Gasteiger partial charge in [-0.2, -0.15) is 5.10 Å². The molecule has 0 aliphatic heterocycles. The van der Waals surface area contributed by atoms with Crippen LogP contribution in [0, 0.1) is 6.92 Å². The van der Waals surface area contributed by atoms with Gasteiger partial charge in [0.15, 0.2) is 0 Å². The summed E-state index contributed by atoms with van der Waals surface area (Å²) in [4.78, 5) is 12.5. The monoisotopic (exact) mass is 294 g/mol. The smallest absolute Gasteiger partial charge is 0.248 e. The van der Waals surface area contributed by atoms with Crippen molar-refractivity contribution in [2.24, 2.45) is 0 Å². The minimum atomic E-state index is -0.432. The summed E-state index contributed by atoms with van der Waals surface area (Å²) in [6.45, 7) is 3.79. The Morgan fingerprint density at radius 3 is 2.82 bits per heavy atom. The highest BCUT2D eigenvalue weighted by atomic mass is 16.2. The molecule has 112 valence electrons. The number of rotatable bonds is 3. The molecular weight excluding hydrogens is 276 g/mol. The molecule has 1 aromatic heterocycles. The van der Waals surface area contributed by atoms with Gasteiger partial charge in [-0.15, -0.1) is 0 Å². The number of aromatic nitrogens is 2. The Bertz CT molecular complexity index is 838. The zero-order chi connectivity index (χ0) is 15.7. The Kier molecular flexibility index (Phi) is 3.55. The number of aryl methyl sites for hydroxylation is 1. The van der Waals surface area contributed by atoms with Gasteiger partial charge in [-0.05, 0) is 43.7 Å². The minimum Gasteiger partial charge on any atom is -0.399 e. The summed E-state index contributed by atoms with van der Waals surface area (Å²) >= 11 is 0. The maximum Gasteiger partial charge on any atom is 0.248 e. The van der Waals surface area contributed by atoms with Crippen LogP contribution in [0.3, 0.4) is 0 Å². The van der Waals surface area contributed by atoms with Crippen LogP contribution in [0.25, 0.3) is 10.9 Å². The van der Waals surface area contributed by atoms with Crippen molar-refractivity contribution in [2.75, 3.05) is 11.1 Å². The Morgan fingerprint density at radius 1 is 1.27 bits per heavy atom. The lowest BCUT2D eigenvalue weighted by molar-refractivity contribution is -0.119. The number of nitrogens with one attached hydrogen (secondary N) is 1. The van der Waals surface area contributed by atoms with Crippen molar-refractivity contribution < 1.29 is 4.79 Å². The second kappa shape index (κ2) is 5.52. The van der Waals surface area contributed by atoms with E-state index in [2.05, 4.69) is 10.4 Å². The third-order valence-electron chi connectivity index (χ3n) is 3.77. The number of para-hydroxylation sites is 1. The summed E-state index contributed by atoms with van der Waals surface area (Å²) in [5, 5.41) is 8.23. The number of amides is 1. The molecule has 3 aromatic rings. The number of nitrogen functional groups attached to an aromatic ring is 1. The van der Waals surface area contributed by atoms with Gasteiger partial charge in [0, 0.05) is 16.8 Å². The van der Waals surface area contributed by atoms with E-state index in [1.165, 1.54) is 0 Å². The van der Waals surface area contributed by atoms with Crippen molar-refractivity contribution in [3.8, 4) is 0 Å². The van der Waals surface area contributed by atoms with E-state index in [1.807, 2.05) is 56.3 Å². The van der Waals surface area contributed by atoms with E-state index in [-0.39, 0.29) is 5.91 Å².